The highest BCUT2D eigenvalue weighted by Crippen LogP contribution is 2.32. The molecule has 2 aliphatic rings. The van der Waals surface area contributed by atoms with Gasteiger partial charge >= 0.3 is 6.09 Å². The van der Waals surface area contributed by atoms with E-state index in [9.17, 15) is 14.0 Å². The van der Waals surface area contributed by atoms with Crippen LogP contribution in [-0.4, -0.2) is 74.4 Å². The molecule has 1 aromatic carbocycles. The molecule has 1 aromatic heterocycles. The molecule has 1 unspecified atom stereocenters. The van der Waals surface area contributed by atoms with Gasteiger partial charge < -0.3 is 19.3 Å². The first-order valence-corrected chi connectivity index (χ1v) is 11.2. The zero-order valence-corrected chi connectivity index (χ0v) is 19.8. The summed E-state index contributed by atoms with van der Waals surface area (Å²) in [6.07, 6.45) is -0.582. The van der Waals surface area contributed by atoms with Crippen LogP contribution in [0.3, 0.4) is 0 Å². The number of carbonyl (C=O) groups excluding carboxylic acids is 2. The number of hydrogen-bond donors (Lipinski definition) is 0. The van der Waals surface area contributed by atoms with Crippen molar-refractivity contribution in [1.29, 1.82) is 0 Å². The number of amides is 2. The molecule has 0 radical (unpaired) electrons. The summed E-state index contributed by atoms with van der Waals surface area (Å²) in [5.41, 5.74) is 0.229. The van der Waals surface area contributed by atoms with Gasteiger partial charge in [0.05, 0.1) is 33.9 Å². The van der Waals surface area contributed by atoms with Crippen molar-refractivity contribution in [3.05, 3.63) is 50.8 Å². The summed E-state index contributed by atoms with van der Waals surface area (Å²) >= 11 is 18.2. The molecule has 0 saturated carbocycles. The standard InChI is InChI=1S/C21H20Cl3FN4O4/c1-32-10-13-11-33-21(31)29(13)12-2-3-14(17(25)8-12)20(30)28-6-4-27(5-7-28)19-16(23)9-15(22)18(24)26-19/h2-3,8-9,13H,4-7,10-11H2,1H3. The third kappa shape index (κ3) is 4.82. The number of rotatable bonds is 5. The fourth-order valence-corrected chi connectivity index (χ4v) is 4.48. The van der Waals surface area contributed by atoms with E-state index in [4.69, 9.17) is 44.3 Å². The van der Waals surface area contributed by atoms with Crippen molar-refractivity contribution in [2.24, 2.45) is 0 Å². The maximum atomic E-state index is 14.9. The molecule has 8 nitrogen and oxygen atoms in total. The Morgan fingerprint density at radius 2 is 1.91 bits per heavy atom. The van der Waals surface area contributed by atoms with Crippen LogP contribution in [0.25, 0.3) is 0 Å². The summed E-state index contributed by atoms with van der Waals surface area (Å²) in [4.78, 5) is 34.0. The Balaban J connectivity index is 1.45. The third-order valence-electron chi connectivity index (χ3n) is 5.52. The highest BCUT2D eigenvalue weighted by Gasteiger charge is 2.35. The molecule has 176 valence electrons. The van der Waals surface area contributed by atoms with Crippen LogP contribution in [0.1, 0.15) is 10.4 Å². The summed E-state index contributed by atoms with van der Waals surface area (Å²) < 4.78 is 25.0. The van der Waals surface area contributed by atoms with Gasteiger partial charge in [-0.2, -0.15) is 0 Å². The van der Waals surface area contributed by atoms with E-state index in [-0.39, 0.29) is 35.0 Å². The molecule has 0 bridgehead atoms. The van der Waals surface area contributed by atoms with E-state index >= 15 is 0 Å². The summed E-state index contributed by atoms with van der Waals surface area (Å²) in [6, 6.07) is 5.24. The van der Waals surface area contributed by atoms with E-state index in [1.54, 1.807) is 4.90 Å². The van der Waals surface area contributed by atoms with E-state index in [1.165, 1.54) is 30.2 Å². The second-order valence-electron chi connectivity index (χ2n) is 7.57. The van der Waals surface area contributed by atoms with E-state index < -0.39 is 17.8 Å². The molecule has 0 N–H and O–H groups in total. The number of pyridine rings is 1. The fourth-order valence-electron chi connectivity index (χ4n) is 3.87. The Kier molecular flexibility index (Phi) is 7.13. The predicted molar refractivity (Wildman–Crippen MR) is 123 cm³/mol. The van der Waals surface area contributed by atoms with Crippen LogP contribution in [0, 0.1) is 5.82 Å². The number of carbonyl (C=O) groups is 2. The summed E-state index contributed by atoms with van der Waals surface area (Å²) in [5, 5.41) is 0.762. The molecule has 4 rings (SSSR count). The van der Waals surface area contributed by atoms with Crippen LogP contribution in [0.4, 0.5) is 20.7 Å². The van der Waals surface area contributed by atoms with Crippen LogP contribution >= 0.6 is 34.8 Å². The minimum Gasteiger partial charge on any atom is -0.447 e. The number of hydrogen-bond acceptors (Lipinski definition) is 6. The topological polar surface area (TPSA) is 75.2 Å². The number of nitrogens with zero attached hydrogens (tertiary/aromatic N) is 4. The average Bonchev–Trinajstić information content (AvgIpc) is 3.16. The molecule has 2 amide bonds. The van der Waals surface area contributed by atoms with Crippen molar-refractivity contribution < 1.29 is 23.5 Å². The second kappa shape index (κ2) is 9.89. The van der Waals surface area contributed by atoms with Gasteiger partial charge in [0.25, 0.3) is 5.91 Å². The zero-order valence-electron chi connectivity index (χ0n) is 17.6. The molecule has 0 aliphatic carbocycles. The maximum Gasteiger partial charge on any atom is 0.414 e. The number of piperazine rings is 1. The number of aromatic nitrogens is 1. The quantitative estimate of drug-likeness (QED) is 0.556. The van der Waals surface area contributed by atoms with Gasteiger partial charge in [-0.25, -0.2) is 14.2 Å². The highest BCUT2D eigenvalue weighted by atomic mass is 35.5. The van der Waals surface area contributed by atoms with Crippen molar-refractivity contribution >= 4 is 58.3 Å². The molecule has 2 saturated heterocycles. The molecule has 12 heteroatoms. The minimum absolute atomic E-state index is 0.0752. The number of methoxy groups -OCH3 is 1. The zero-order chi connectivity index (χ0) is 23.7. The van der Waals surface area contributed by atoms with Crippen molar-refractivity contribution in [3.63, 3.8) is 0 Å². The Labute approximate surface area is 204 Å². The van der Waals surface area contributed by atoms with Gasteiger partial charge in [-0.05, 0) is 24.3 Å². The first-order chi connectivity index (χ1) is 15.8. The molecular formula is C21H20Cl3FN4O4. The highest BCUT2D eigenvalue weighted by molar-refractivity contribution is 6.42. The Hall–Kier alpha value is -2.33. The normalized spacial score (nSPS) is 18.6. The van der Waals surface area contributed by atoms with E-state index in [0.29, 0.717) is 42.7 Å². The Morgan fingerprint density at radius 3 is 2.58 bits per heavy atom. The van der Waals surface area contributed by atoms with Crippen LogP contribution in [0.5, 0.6) is 0 Å². The summed E-state index contributed by atoms with van der Waals surface area (Å²) in [5.74, 6) is -0.675. The lowest BCUT2D eigenvalue weighted by molar-refractivity contribution is 0.0742. The smallest absolute Gasteiger partial charge is 0.414 e. The van der Waals surface area contributed by atoms with Crippen molar-refractivity contribution in [3.8, 4) is 0 Å². The number of anilines is 2. The van der Waals surface area contributed by atoms with E-state index in [2.05, 4.69) is 4.98 Å². The Morgan fingerprint density at radius 1 is 1.18 bits per heavy atom. The lowest BCUT2D eigenvalue weighted by Gasteiger charge is -2.36. The average molecular weight is 518 g/mol. The van der Waals surface area contributed by atoms with Crippen molar-refractivity contribution in [2.75, 3.05) is 56.3 Å². The van der Waals surface area contributed by atoms with Gasteiger partial charge in [0.15, 0.2) is 0 Å². The molecule has 3 heterocycles. The van der Waals surface area contributed by atoms with E-state index in [1.807, 2.05) is 4.90 Å². The summed E-state index contributed by atoms with van der Waals surface area (Å²) in [7, 11) is 1.51. The van der Waals surface area contributed by atoms with Crippen LogP contribution < -0.4 is 9.80 Å². The third-order valence-corrected chi connectivity index (χ3v) is 6.47. The Bertz CT molecular complexity index is 1080. The first kappa shape index (κ1) is 23.8. The van der Waals surface area contributed by atoms with Gasteiger partial charge in [-0.15, -0.1) is 0 Å². The lowest BCUT2D eigenvalue weighted by Crippen LogP contribution is -2.49. The molecule has 0 spiro atoms. The molecule has 1 atom stereocenters. The van der Waals surface area contributed by atoms with Crippen molar-refractivity contribution in [1.82, 2.24) is 9.88 Å². The number of halogens is 4. The fraction of sp³-hybridized carbons (Fsp3) is 0.381. The van der Waals surface area contributed by atoms with Crippen LogP contribution in [0.15, 0.2) is 24.3 Å². The predicted octanol–water partition coefficient (Wildman–Crippen LogP) is 4.11. The maximum absolute atomic E-state index is 14.9. The van der Waals surface area contributed by atoms with Crippen molar-refractivity contribution in [2.45, 2.75) is 6.04 Å². The van der Waals surface area contributed by atoms with Gasteiger partial charge in [0.1, 0.15) is 23.4 Å². The first-order valence-electron chi connectivity index (χ1n) is 10.1. The van der Waals surface area contributed by atoms with Gasteiger partial charge in [-0.1, -0.05) is 34.8 Å². The monoisotopic (exact) mass is 516 g/mol. The SMILES string of the molecule is COCC1COC(=O)N1c1ccc(C(=O)N2CCN(c3nc(Cl)c(Cl)cc3Cl)CC2)c(F)c1. The number of benzene rings is 1. The minimum atomic E-state index is -0.718. The number of ether oxygens (including phenoxy) is 2. The van der Waals surface area contributed by atoms with Gasteiger partial charge in [0, 0.05) is 33.3 Å². The number of cyclic esters (lactones) is 1. The molecule has 2 aliphatic heterocycles. The van der Waals surface area contributed by atoms with Crippen LogP contribution in [-0.2, 0) is 9.47 Å². The lowest BCUT2D eigenvalue weighted by atomic mass is 10.1. The molecule has 2 aromatic rings. The molecular weight excluding hydrogens is 498 g/mol. The van der Waals surface area contributed by atoms with Crippen LogP contribution in [0.2, 0.25) is 15.2 Å². The molecule has 33 heavy (non-hydrogen) atoms. The summed E-state index contributed by atoms with van der Waals surface area (Å²) in [6.45, 7) is 1.95. The van der Waals surface area contributed by atoms with E-state index in [0.717, 1.165) is 6.07 Å². The van der Waals surface area contributed by atoms with Gasteiger partial charge in [0.2, 0.25) is 0 Å². The molecule has 2 fully saturated rings. The van der Waals surface area contributed by atoms with Gasteiger partial charge in [-0.3, -0.25) is 9.69 Å². The second-order valence-corrected chi connectivity index (χ2v) is 8.74. The largest absolute Gasteiger partial charge is 0.447 e.